The lowest BCUT2D eigenvalue weighted by molar-refractivity contribution is 0.335. The molecule has 2 nitrogen and oxygen atoms in total. The smallest absolute Gasteiger partial charge is 0.124 e. The van der Waals surface area contributed by atoms with Crippen LogP contribution in [0.4, 0.5) is 0 Å². The zero-order valence-electron chi connectivity index (χ0n) is 10.9. The molecule has 0 fully saturated rings. The molecule has 0 aliphatic carbocycles. The highest BCUT2D eigenvalue weighted by molar-refractivity contribution is 14.1. The van der Waals surface area contributed by atoms with Gasteiger partial charge in [-0.3, -0.25) is 0 Å². The van der Waals surface area contributed by atoms with E-state index in [-0.39, 0.29) is 6.04 Å². The molecule has 2 aromatic rings. The van der Waals surface area contributed by atoms with Crippen LogP contribution in [0.1, 0.15) is 24.1 Å². The Morgan fingerprint density at radius 1 is 1.30 bits per heavy atom. The van der Waals surface area contributed by atoms with Gasteiger partial charge in [-0.05, 0) is 65.4 Å². The molecule has 1 atom stereocenters. The number of halogens is 3. The molecule has 0 spiro atoms. The second kappa shape index (κ2) is 7.11. The highest BCUT2D eigenvalue weighted by Crippen LogP contribution is 2.32. The third kappa shape index (κ3) is 3.67. The molecule has 2 rings (SSSR count). The minimum atomic E-state index is -0.274. The van der Waals surface area contributed by atoms with E-state index in [0.29, 0.717) is 11.6 Å². The molecular formula is C15H14BrClINO. The van der Waals surface area contributed by atoms with Crippen molar-refractivity contribution in [1.82, 2.24) is 0 Å². The van der Waals surface area contributed by atoms with Crippen LogP contribution in [-0.2, 0) is 0 Å². The molecule has 0 saturated heterocycles. The van der Waals surface area contributed by atoms with Gasteiger partial charge >= 0.3 is 0 Å². The number of hydrogen-bond donors (Lipinski definition) is 1. The van der Waals surface area contributed by atoms with Crippen molar-refractivity contribution in [1.29, 1.82) is 0 Å². The molecule has 0 aliphatic heterocycles. The van der Waals surface area contributed by atoms with Gasteiger partial charge in [-0.15, -0.1) is 0 Å². The molecule has 0 aromatic heterocycles. The molecule has 2 aromatic carbocycles. The Morgan fingerprint density at radius 3 is 2.70 bits per heavy atom. The molecular weight excluding hydrogens is 452 g/mol. The van der Waals surface area contributed by atoms with Gasteiger partial charge in [-0.25, -0.2) is 0 Å². The first-order valence-corrected chi connectivity index (χ1v) is 8.40. The first kappa shape index (κ1) is 16.1. The van der Waals surface area contributed by atoms with Crippen LogP contribution < -0.4 is 10.5 Å². The van der Waals surface area contributed by atoms with Crippen LogP contribution in [0.3, 0.4) is 0 Å². The summed E-state index contributed by atoms with van der Waals surface area (Å²) in [7, 11) is 0. The van der Waals surface area contributed by atoms with Gasteiger partial charge in [0.25, 0.3) is 0 Å². The lowest BCUT2D eigenvalue weighted by Crippen LogP contribution is -2.13. The summed E-state index contributed by atoms with van der Waals surface area (Å²) in [6.07, 6.45) is 0. The lowest BCUT2D eigenvalue weighted by atomic mass is 9.99. The van der Waals surface area contributed by atoms with Crippen molar-refractivity contribution in [3.8, 4) is 5.75 Å². The van der Waals surface area contributed by atoms with Gasteiger partial charge in [0.05, 0.1) is 17.7 Å². The van der Waals surface area contributed by atoms with E-state index in [1.165, 1.54) is 0 Å². The van der Waals surface area contributed by atoms with Gasteiger partial charge < -0.3 is 10.5 Å². The topological polar surface area (TPSA) is 35.2 Å². The zero-order valence-corrected chi connectivity index (χ0v) is 15.4. The average molecular weight is 467 g/mol. The van der Waals surface area contributed by atoms with Crippen molar-refractivity contribution in [3.05, 3.63) is 60.6 Å². The van der Waals surface area contributed by atoms with Crippen LogP contribution in [0.25, 0.3) is 0 Å². The largest absolute Gasteiger partial charge is 0.494 e. The fraction of sp³-hybridized carbons (Fsp3) is 0.200. The van der Waals surface area contributed by atoms with Crippen LogP contribution in [0.5, 0.6) is 5.75 Å². The number of benzene rings is 2. The Morgan fingerprint density at radius 2 is 2.05 bits per heavy atom. The third-order valence-electron chi connectivity index (χ3n) is 2.91. The molecule has 1 unspecified atom stereocenters. The van der Waals surface area contributed by atoms with E-state index < -0.39 is 0 Å². The number of nitrogens with two attached hydrogens (primary N) is 1. The van der Waals surface area contributed by atoms with E-state index in [4.69, 9.17) is 22.1 Å². The van der Waals surface area contributed by atoms with Crippen LogP contribution in [0.2, 0.25) is 5.02 Å². The predicted molar refractivity (Wildman–Crippen MR) is 95.5 cm³/mol. The van der Waals surface area contributed by atoms with Crippen molar-refractivity contribution in [3.63, 3.8) is 0 Å². The fourth-order valence-electron chi connectivity index (χ4n) is 1.93. The van der Waals surface area contributed by atoms with Gasteiger partial charge in [0.1, 0.15) is 5.75 Å². The van der Waals surface area contributed by atoms with Crippen molar-refractivity contribution in [2.75, 3.05) is 6.61 Å². The highest BCUT2D eigenvalue weighted by atomic mass is 127. The monoisotopic (exact) mass is 465 g/mol. The Bertz CT molecular complexity index is 621. The van der Waals surface area contributed by atoms with Crippen molar-refractivity contribution < 1.29 is 4.74 Å². The van der Waals surface area contributed by atoms with Gasteiger partial charge in [0.15, 0.2) is 0 Å². The van der Waals surface area contributed by atoms with Gasteiger partial charge in [-0.2, -0.15) is 0 Å². The summed E-state index contributed by atoms with van der Waals surface area (Å²) in [5, 5.41) is 0.714. The Labute approximate surface area is 145 Å². The summed E-state index contributed by atoms with van der Waals surface area (Å²) < 4.78 is 7.64. The normalized spacial score (nSPS) is 12.2. The molecule has 0 radical (unpaired) electrons. The Balaban J connectivity index is 2.43. The van der Waals surface area contributed by atoms with Crippen LogP contribution in [-0.4, -0.2) is 6.61 Å². The van der Waals surface area contributed by atoms with E-state index in [9.17, 15) is 0 Å². The minimum Gasteiger partial charge on any atom is -0.494 e. The van der Waals surface area contributed by atoms with E-state index in [1.807, 2.05) is 43.3 Å². The summed E-state index contributed by atoms with van der Waals surface area (Å²) in [5.41, 5.74) is 8.28. The second-order valence-corrected chi connectivity index (χ2v) is 6.75. The van der Waals surface area contributed by atoms with Gasteiger partial charge in [0, 0.05) is 13.6 Å². The van der Waals surface area contributed by atoms with E-state index in [2.05, 4.69) is 38.5 Å². The molecule has 0 heterocycles. The summed E-state index contributed by atoms with van der Waals surface area (Å²) in [6, 6.07) is 11.5. The summed E-state index contributed by atoms with van der Waals surface area (Å²) in [6.45, 7) is 2.56. The van der Waals surface area contributed by atoms with Gasteiger partial charge in [0.2, 0.25) is 0 Å². The first-order chi connectivity index (χ1) is 9.52. The van der Waals surface area contributed by atoms with E-state index >= 15 is 0 Å². The average Bonchev–Trinajstić information content (AvgIpc) is 2.43. The van der Waals surface area contributed by atoms with E-state index in [0.717, 1.165) is 24.9 Å². The fourth-order valence-corrected chi connectivity index (χ4v) is 2.84. The van der Waals surface area contributed by atoms with Crippen molar-refractivity contribution >= 4 is 50.1 Å². The van der Waals surface area contributed by atoms with Crippen molar-refractivity contribution in [2.45, 2.75) is 13.0 Å². The molecule has 20 heavy (non-hydrogen) atoms. The van der Waals surface area contributed by atoms with Gasteiger partial charge in [-0.1, -0.05) is 33.6 Å². The Kier molecular flexibility index (Phi) is 5.72. The third-order valence-corrected chi connectivity index (χ3v) is 4.97. The second-order valence-electron chi connectivity index (χ2n) is 4.27. The number of hydrogen-bond acceptors (Lipinski definition) is 2. The lowest BCUT2D eigenvalue weighted by Gasteiger charge is -2.18. The molecule has 0 amide bonds. The summed E-state index contributed by atoms with van der Waals surface area (Å²) >= 11 is 11.8. The zero-order chi connectivity index (χ0) is 14.7. The number of rotatable bonds is 4. The molecule has 0 saturated carbocycles. The molecule has 2 N–H and O–H groups in total. The van der Waals surface area contributed by atoms with E-state index in [1.54, 1.807) is 0 Å². The van der Waals surface area contributed by atoms with Crippen LogP contribution >= 0.6 is 50.1 Å². The summed E-state index contributed by atoms with van der Waals surface area (Å²) in [4.78, 5) is 0. The Hall–Kier alpha value is -0.300. The maximum absolute atomic E-state index is 6.37. The standard InChI is InChI=1S/C15H14BrClINO/c1-2-20-14-6-4-10(16)8-11(14)15(19)9-3-5-13(18)12(17)7-9/h3-8,15H,2,19H2,1H3. The quantitative estimate of drug-likeness (QED) is 0.633. The number of ether oxygens (including phenoxy) is 1. The predicted octanol–water partition coefficient (Wildman–Crippen LogP) is 5.15. The van der Waals surface area contributed by atoms with Crippen LogP contribution in [0.15, 0.2) is 40.9 Å². The molecule has 0 bridgehead atoms. The molecule has 106 valence electrons. The SMILES string of the molecule is CCOc1ccc(Br)cc1C(N)c1ccc(I)c(Cl)c1. The minimum absolute atomic E-state index is 0.274. The molecule has 5 heteroatoms. The van der Waals surface area contributed by atoms with Crippen LogP contribution in [0, 0.1) is 3.57 Å². The maximum atomic E-state index is 6.37. The van der Waals surface area contributed by atoms with Crippen molar-refractivity contribution in [2.24, 2.45) is 5.73 Å². The first-order valence-electron chi connectivity index (χ1n) is 6.15. The molecule has 0 aliphatic rings. The summed E-state index contributed by atoms with van der Waals surface area (Å²) in [5.74, 6) is 0.804. The highest BCUT2D eigenvalue weighted by Gasteiger charge is 2.16. The maximum Gasteiger partial charge on any atom is 0.124 e.